The topological polar surface area (TPSA) is 183 Å². The van der Waals surface area contributed by atoms with E-state index in [-0.39, 0.29) is 31.1 Å². The molecule has 1 saturated heterocycles. The molecule has 1 aliphatic rings. The molecule has 2 heterocycles. The number of hydrogen-bond acceptors (Lipinski definition) is 10. The zero-order valence-corrected chi connectivity index (χ0v) is 22.1. The Morgan fingerprint density at radius 2 is 1.72 bits per heavy atom. The molecule has 2 aromatic rings. The number of amides is 2. The van der Waals surface area contributed by atoms with Crippen LogP contribution in [0.15, 0.2) is 48.9 Å². The van der Waals surface area contributed by atoms with Gasteiger partial charge in [-0.05, 0) is 24.3 Å². The monoisotopic (exact) mass is 544 g/mol. The van der Waals surface area contributed by atoms with Crippen molar-refractivity contribution >= 4 is 18.9 Å². The lowest BCUT2D eigenvalue weighted by Crippen LogP contribution is -2.55. The van der Waals surface area contributed by atoms with Gasteiger partial charge >= 0.3 is 7.12 Å². The molecular formula is C26H37BN4O8. The molecule has 0 spiro atoms. The zero-order chi connectivity index (χ0) is 28.4. The van der Waals surface area contributed by atoms with Crippen LogP contribution in [0.1, 0.15) is 42.7 Å². The molecular weight excluding hydrogens is 507 g/mol. The quantitative estimate of drug-likeness (QED) is 0.166. The second-order valence-electron chi connectivity index (χ2n) is 9.95. The highest BCUT2D eigenvalue weighted by Gasteiger charge is 2.50. The Hall–Kier alpha value is -2.94. The van der Waals surface area contributed by atoms with Gasteiger partial charge in [-0.15, -0.1) is 0 Å². The number of rotatable bonds is 14. The molecule has 6 N–H and O–H groups in total. The summed E-state index contributed by atoms with van der Waals surface area (Å²) < 4.78 is 11.9. The first-order chi connectivity index (χ1) is 18.7. The molecule has 3 rings (SSSR count). The molecule has 1 aliphatic heterocycles. The maximum absolute atomic E-state index is 13.6. The summed E-state index contributed by atoms with van der Waals surface area (Å²) in [5.41, 5.74) is 0.885. The molecule has 12 nitrogen and oxygen atoms in total. The van der Waals surface area contributed by atoms with Crippen LogP contribution in [0.25, 0.3) is 0 Å². The van der Waals surface area contributed by atoms with E-state index in [9.17, 15) is 30.0 Å². The lowest BCUT2D eigenvalue weighted by atomic mass is 9.74. The molecule has 1 aromatic carbocycles. The summed E-state index contributed by atoms with van der Waals surface area (Å²) in [7, 11) is -1.06. The molecule has 212 valence electrons. The fourth-order valence-corrected chi connectivity index (χ4v) is 4.44. The van der Waals surface area contributed by atoms with Gasteiger partial charge in [0.2, 0.25) is 5.91 Å². The van der Waals surface area contributed by atoms with E-state index in [0.29, 0.717) is 6.42 Å². The van der Waals surface area contributed by atoms with Crippen LogP contribution in [0, 0.1) is 5.92 Å². The van der Waals surface area contributed by atoms with Crippen molar-refractivity contribution in [2.45, 2.75) is 69.5 Å². The Kier molecular flexibility index (Phi) is 11.8. The molecule has 0 saturated carbocycles. The van der Waals surface area contributed by atoms with Gasteiger partial charge < -0.3 is 40.4 Å². The average Bonchev–Trinajstić information content (AvgIpc) is 3.38. The Bertz CT molecular complexity index is 1040. The van der Waals surface area contributed by atoms with Crippen molar-refractivity contribution in [1.29, 1.82) is 0 Å². The van der Waals surface area contributed by atoms with Gasteiger partial charge in [0.25, 0.3) is 5.91 Å². The third-order valence-electron chi connectivity index (χ3n) is 6.36. The Balaban J connectivity index is 1.82. The van der Waals surface area contributed by atoms with Crippen LogP contribution in [0.5, 0.6) is 0 Å². The van der Waals surface area contributed by atoms with E-state index in [1.165, 1.54) is 18.6 Å². The SMILES string of the molecule is CC(C)C[C@H](NC(=O)[C@H](Cc1ccccc1)NC(=O)c1cnccn1)B1OC([C@H](O)CO)C([C@H](O)CCO)O1. The highest BCUT2D eigenvalue weighted by Crippen LogP contribution is 2.27. The molecule has 2 amide bonds. The number of benzene rings is 1. The van der Waals surface area contributed by atoms with Crippen LogP contribution in [0.3, 0.4) is 0 Å². The summed E-state index contributed by atoms with van der Waals surface area (Å²) in [5, 5.41) is 45.2. The van der Waals surface area contributed by atoms with Crippen molar-refractivity contribution < 1.29 is 39.3 Å². The van der Waals surface area contributed by atoms with E-state index >= 15 is 0 Å². The minimum absolute atomic E-state index is 0.0236. The van der Waals surface area contributed by atoms with Crippen molar-refractivity contribution in [3.8, 4) is 0 Å². The van der Waals surface area contributed by atoms with E-state index in [1.807, 2.05) is 44.2 Å². The predicted molar refractivity (Wildman–Crippen MR) is 141 cm³/mol. The smallest absolute Gasteiger partial charge is 0.402 e. The number of nitrogens with one attached hydrogen (secondary N) is 2. The van der Waals surface area contributed by atoms with Crippen LogP contribution in [-0.4, -0.2) is 98.9 Å². The molecule has 1 fully saturated rings. The number of hydrogen-bond donors (Lipinski definition) is 6. The van der Waals surface area contributed by atoms with Gasteiger partial charge in [-0.2, -0.15) is 0 Å². The summed E-state index contributed by atoms with van der Waals surface area (Å²) in [4.78, 5) is 34.4. The molecule has 0 bridgehead atoms. The van der Waals surface area contributed by atoms with Gasteiger partial charge in [-0.1, -0.05) is 44.2 Å². The predicted octanol–water partition coefficient (Wildman–Crippen LogP) is -0.743. The van der Waals surface area contributed by atoms with Gasteiger partial charge in [-0.3, -0.25) is 14.6 Å². The minimum atomic E-state index is -1.35. The summed E-state index contributed by atoms with van der Waals surface area (Å²) in [6.45, 7) is 2.96. The summed E-state index contributed by atoms with van der Waals surface area (Å²) >= 11 is 0. The number of carbonyl (C=O) groups is 2. The van der Waals surface area contributed by atoms with E-state index < -0.39 is 61.9 Å². The highest BCUT2D eigenvalue weighted by atomic mass is 16.7. The van der Waals surface area contributed by atoms with E-state index in [4.69, 9.17) is 9.31 Å². The van der Waals surface area contributed by atoms with Crippen molar-refractivity contribution in [3.05, 3.63) is 60.2 Å². The molecule has 39 heavy (non-hydrogen) atoms. The Morgan fingerprint density at radius 3 is 2.31 bits per heavy atom. The van der Waals surface area contributed by atoms with Crippen molar-refractivity contribution in [1.82, 2.24) is 20.6 Å². The molecule has 0 aliphatic carbocycles. The third-order valence-corrected chi connectivity index (χ3v) is 6.36. The lowest BCUT2D eigenvalue weighted by Gasteiger charge is -2.26. The summed E-state index contributed by atoms with van der Waals surface area (Å²) in [5.74, 6) is -1.69. The Labute approximate surface area is 227 Å². The molecule has 2 unspecified atom stereocenters. The summed E-state index contributed by atoms with van der Waals surface area (Å²) in [6.07, 6.45) is 0.0860. The molecule has 13 heteroatoms. The number of aromatic nitrogens is 2. The van der Waals surface area contributed by atoms with Crippen LogP contribution < -0.4 is 10.6 Å². The van der Waals surface area contributed by atoms with Gasteiger partial charge in [-0.25, -0.2) is 4.98 Å². The van der Waals surface area contributed by atoms with Gasteiger partial charge in [0.15, 0.2) is 0 Å². The largest absolute Gasteiger partial charge is 0.481 e. The zero-order valence-electron chi connectivity index (χ0n) is 22.1. The van der Waals surface area contributed by atoms with Crippen LogP contribution >= 0.6 is 0 Å². The maximum Gasteiger partial charge on any atom is 0.481 e. The normalized spacial score (nSPS) is 20.3. The van der Waals surface area contributed by atoms with Crippen molar-refractivity contribution in [2.24, 2.45) is 5.92 Å². The average molecular weight is 544 g/mol. The number of carbonyl (C=O) groups excluding carboxylic acids is 2. The highest BCUT2D eigenvalue weighted by molar-refractivity contribution is 6.47. The van der Waals surface area contributed by atoms with Gasteiger partial charge in [0.05, 0.1) is 37.1 Å². The van der Waals surface area contributed by atoms with E-state index in [0.717, 1.165) is 5.56 Å². The van der Waals surface area contributed by atoms with Crippen LogP contribution in [0.2, 0.25) is 0 Å². The molecule has 0 radical (unpaired) electrons. The maximum atomic E-state index is 13.6. The first-order valence-electron chi connectivity index (χ1n) is 13.0. The Morgan fingerprint density at radius 1 is 1.03 bits per heavy atom. The fourth-order valence-electron chi connectivity index (χ4n) is 4.44. The molecule has 6 atom stereocenters. The second kappa shape index (κ2) is 15.0. The van der Waals surface area contributed by atoms with Crippen molar-refractivity contribution in [3.63, 3.8) is 0 Å². The van der Waals surface area contributed by atoms with E-state index in [2.05, 4.69) is 20.6 Å². The molecule has 1 aromatic heterocycles. The van der Waals surface area contributed by atoms with Gasteiger partial charge in [0.1, 0.15) is 17.8 Å². The number of aliphatic hydroxyl groups excluding tert-OH is 4. The van der Waals surface area contributed by atoms with Crippen LogP contribution in [0.4, 0.5) is 0 Å². The van der Waals surface area contributed by atoms with Gasteiger partial charge in [0, 0.05) is 25.4 Å². The lowest BCUT2D eigenvalue weighted by molar-refractivity contribution is -0.123. The third kappa shape index (κ3) is 8.78. The van der Waals surface area contributed by atoms with Crippen LogP contribution in [-0.2, 0) is 20.5 Å². The fraction of sp³-hybridized carbons (Fsp3) is 0.538. The van der Waals surface area contributed by atoms with E-state index in [1.54, 1.807) is 0 Å². The second-order valence-corrected chi connectivity index (χ2v) is 9.95. The summed E-state index contributed by atoms with van der Waals surface area (Å²) in [6, 6.07) is 8.23. The standard InChI is InChI=1S/C26H37BN4O8/c1-16(2)12-22(27-38-23(20(34)8-11-32)24(39-27)21(35)15-33)31-25(36)18(13-17-6-4-3-5-7-17)30-26(37)19-14-28-9-10-29-19/h3-7,9-10,14,16,18,20-24,32-35H,8,11-13,15H2,1-2H3,(H,30,37)(H,31,36)/t18-,20+,21+,22-,23?,24?/m0/s1. The first-order valence-corrected chi connectivity index (χ1v) is 13.0. The number of nitrogens with zero attached hydrogens (tertiary/aromatic N) is 2. The van der Waals surface area contributed by atoms with Crippen molar-refractivity contribution in [2.75, 3.05) is 13.2 Å². The first kappa shape index (κ1) is 30.6. The minimum Gasteiger partial charge on any atom is -0.402 e. The number of aliphatic hydroxyl groups is 4.